The van der Waals surface area contributed by atoms with Crippen molar-refractivity contribution in [3.8, 4) is 0 Å². The van der Waals surface area contributed by atoms with Gasteiger partial charge in [-0.05, 0) is 38.5 Å². The lowest BCUT2D eigenvalue weighted by atomic mass is 9.98. The summed E-state index contributed by atoms with van der Waals surface area (Å²) in [5.74, 6) is 0.668. The van der Waals surface area contributed by atoms with Gasteiger partial charge in [0.2, 0.25) is 5.91 Å². The minimum Gasteiger partial charge on any atom is -0.392 e. The van der Waals surface area contributed by atoms with Crippen molar-refractivity contribution < 1.29 is 14.6 Å². The first-order valence-electron chi connectivity index (χ1n) is 8.01. The zero-order valence-corrected chi connectivity index (χ0v) is 12.4. The van der Waals surface area contributed by atoms with Crippen molar-refractivity contribution >= 4 is 5.91 Å². The summed E-state index contributed by atoms with van der Waals surface area (Å²) in [7, 11) is 0. The van der Waals surface area contributed by atoms with E-state index in [1.54, 1.807) is 0 Å². The first kappa shape index (κ1) is 15.7. The van der Waals surface area contributed by atoms with E-state index in [1.165, 1.54) is 25.7 Å². The third-order valence-corrected chi connectivity index (χ3v) is 4.46. The Balaban J connectivity index is 1.68. The molecule has 0 aromatic rings. The molecule has 1 saturated heterocycles. The molecular formula is C15H28N2O3. The van der Waals surface area contributed by atoms with Crippen molar-refractivity contribution in [3.05, 3.63) is 0 Å². The molecule has 0 spiro atoms. The van der Waals surface area contributed by atoms with Crippen LogP contribution in [-0.2, 0) is 9.53 Å². The summed E-state index contributed by atoms with van der Waals surface area (Å²) in [6.45, 7) is 3.95. The predicted octanol–water partition coefficient (Wildman–Crippen LogP) is 0.811. The monoisotopic (exact) mass is 284 g/mol. The van der Waals surface area contributed by atoms with E-state index in [0.717, 1.165) is 13.0 Å². The fraction of sp³-hybridized carbons (Fsp3) is 0.933. The molecule has 1 amide bonds. The Bertz CT molecular complexity index is 305. The van der Waals surface area contributed by atoms with Crippen molar-refractivity contribution in [1.82, 2.24) is 10.6 Å². The number of amides is 1. The van der Waals surface area contributed by atoms with Crippen molar-refractivity contribution in [2.45, 2.75) is 63.7 Å². The van der Waals surface area contributed by atoms with Gasteiger partial charge in [-0.15, -0.1) is 0 Å². The second-order valence-corrected chi connectivity index (χ2v) is 5.97. The smallest absolute Gasteiger partial charge is 0.237 e. The van der Waals surface area contributed by atoms with E-state index in [-0.39, 0.29) is 24.2 Å². The number of aliphatic hydroxyl groups is 1. The van der Waals surface area contributed by atoms with Crippen LogP contribution in [0.15, 0.2) is 0 Å². The number of β-amino-alcohol motifs (C(OH)–C–C–N with tert-alkyl or cyclic N) is 1. The molecule has 1 saturated carbocycles. The molecule has 0 aromatic heterocycles. The molecule has 1 aliphatic heterocycles. The van der Waals surface area contributed by atoms with Gasteiger partial charge in [0.15, 0.2) is 0 Å². The van der Waals surface area contributed by atoms with Crippen LogP contribution < -0.4 is 10.6 Å². The maximum Gasteiger partial charge on any atom is 0.237 e. The summed E-state index contributed by atoms with van der Waals surface area (Å²) in [4.78, 5) is 11.9. The fourth-order valence-electron chi connectivity index (χ4n) is 3.38. The van der Waals surface area contributed by atoms with Crippen LogP contribution in [0.4, 0.5) is 0 Å². The lowest BCUT2D eigenvalue weighted by Crippen LogP contribution is -2.41. The maximum atomic E-state index is 11.9. The molecule has 3 unspecified atom stereocenters. The number of ether oxygens (including phenoxy) is 1. The Hall–Kier alpha value is -0.650. The maximum absolute atomic E-state index is 11.9. The second kappa shape index (κ2) is 7.96. The Morgan fingerprint density at radius 2 is 2.20 bits per heavy atom. The number of carbonyl (C=O) groups is 1. The first-order chi connectivity index (χ1) is 9.70. The van der Waals surface area contributed by atoms with Gasteiger partial charge in [0.25, 0.3) is 0 Å². The summed E-state index contributed by atoms with van der Waals surface area (Å²) in [6, 6.07) is -0.234. The number of carbonyl (C=O) groups excluding carboxylic acids is 1. The molecular weight excluding hydrogens is 256 g/mol. The van der Waals surface area contributed by atoms with Crippen molar-refractivity contribution in [3.63, 3.8) is 0 Å². The summed E-state index contributed by atoms with van der Waals surface area (Å²) in [6.07, 6.45) is 6.44. The molecule has 0 radical (unpaired) electrons. The molecule has 5 heteroatoms. The van der Waals surface area contributed by atoms with Gasteiger partial charge in [0.05, 0.1) is 18.2 Å². The number of aliphatic hydroxyl groups excluding tert-OH is 1. The van der Waals surface area contributed by atoms with Crippen LogP contribution in [0.25, 0.3) is 0 Å². The number of hydrogen-bond acceptors (Lipinski definition) is 4. The van der Waals surface area contributed by atoms with E-state index in [1.807, 2.05) is 6.92 Å². The van der Waals surface area contributed by atoms with Gasteiger partial charge < -0.3 is 20.5 Å². The third kappa shape index (κ3) is 4.43. The molecule has 1 aliphatic carbocycles. The molecule has 3 atom stereocenters. The fourth-order valence-corrected chi connectivity index (χ4v) is 3.38. The van der Waals surface area contributed by atoms with E-state index in [9.17, 15) is 9.90 Å². The average Bonchev–Trinajstić information content (AvgIpc) is 3.08. The zero-order chi connectivity index (χ0) is 14.4. The van der Waals surface area contributed by atoms with Crippen molar-refractivity contribution in [2.75, 3.05) is 19.7 Å². The molecule has 116 valence electrons. The van der Waals surface area contributed by atoms with Crippen LogP contribution in [-0.4, -0.2) is 49.0 Å². The van der Waals surface area contributed by atoms with Crippen LogP contribution in [0.3, 0.4) is 0 Å². The van der Waals surface area contributed by atoms with Gasteiger partial charge >= 0.3 is 0 Å². The van der Waals surface area contributed by atoms with Crippen LogP contribution in [0.2, 0.25) is 0 Å². The molecule has 3 N–H and O–H groups in total. The molecule has 0 aromatic carbocycles. The highest BCUT2D eigenvalue weighted by molar-refractivity contribution is 5.82. The van der Waals surface area contributed by atoms with Gasteiger partial charge in [-0.3, -0.25) is 4.79 Å². The summed E-state index contributed by atoms with van der Waals surface area (Å²) >= 11 is 0. The Morgan fingerprint density at radius 3 is 2.80 bits per heavy atom. The summed E-state index contributed by atoms with van der Waals surface area (Å²) in [5.41, 5.74) is 0. The van der Waals surface area contributed by atoms with E-state index < -0.39 is 0 Å². The molecule has 2 fully saturated rings. The van der Waals surface area contributed by atoms with Crippen LogP contribution in [0, 0.1) is 5.92 Å². The highest BCUT2D eigenvalue weighted by atomic mass is 16.5. The molecule has 2 aliphatic rings. The second-order valence-electron chi connectivity index (χ2n) is 5.97. The van der Waals surface area contributed by atoms with Gasteiger partial charge in [-0.1, -0.05) is 12.8 Å². The highest BCUT2D eigenvalue weighted by Gasteiger charge is 2.29. The molecule has 0 bridgehead atoms. The van der Waals surface area contributed by atoms with Crippen molar-refractivity contribution in [2.24, 2.45) is 5.92 Å². The minimum absolute atomic E-state index is 0.00298. The lowest BCUT2D eigenvalue weighted by Gasteiger charge is -2.23. The number of rotatable bonds is 7. The topological polar surface area (TPSA) is 70.6 Å². The molecule has 20 heavy (non-hydrogen) atoms. The van der Waals surface area contributed by atoms with Gasteiger partial charge in [-0.2, -0.15) is 0 Å². The van der Waals surface area contributed by atoms with Gasteiger partial charge in [-0.25, -0.2) is 0 Å². The molecule has 1 heterocycles. The Labute approximate surface area is 121 Å². The Kier molecular flexibility index (Phi) is 6.26. The lowest BCUT2D eigenvalue weighted by molar-refractivity contribution is -0.123. The minimum atomic E-state index is -0.389. The number of hydrogen-bond donors (Lipinski definition) is 3. The summed E-state index contributed by atoms with van der Waals surface area (Å²) < 4.78 is 5.84. The van der Waals surface area contributed by atoms with Crippen molar-refractivity contribution in [1.29, 1.82) is 0 Å². The van der Waals surface area contributed by atoms with E-state index >= 15 is 0 Å². The van der Waals surface area contributed by atoms with Gasteiger partial charge in [0.1, 0.15) is 0 Å². The quantitative estimate of drug-likeness (QED) is 0.647. The SMILES string of the molecule is CCOC(CCNC(=O)C1CC(O)CN1)C1CCCC1. The standard InChI is InChI=1S/C15H28N2O3/c1-2-20-14(11-5-3-4-6-11)7-8-16-15(19)13-9-12(18)10-17-13/h11-14,17-18H,2-10H2,1H3,(H,16,19). The van der Waals surface area contributed by atoms with Gasteiger partial charge in [0, 0.05) is 19.7 Å². The Morgan fingerprint density at radius 1 is 1.45 bits per heavy atom. The largest absolute Gasteiger partial charge is 0.392 e. The third-order valence-electron chi connectivity index (χ3n) is 4.46. The van der Waals surface area contributed by atoms with Crippen LogP contribution >= 0.6 is 0 Å². The van der Waals surface area contributed by atoms with E-state index in [0.29, 0.717) is 25.4 Å². The average molecular weight is 284 g/mol. The molecule has 5 nitrogen and oxygen atoms in total. The number of nitrogens with one attached hydrogen (secondary N) is 2. The predicted molar refractivity (Wildman–Crippen MR) is 77.4 cm³/mol. The zero-order valence-electron chi connectivity index (χ0n) is 12.4. The normalized spacial score (nSPS) is 28.7. The molecule has 2 rings (SSSR count). The van der Waals surface area contributed by atoms with Crippen LogP contribution in [0.5, 0.6) is 0 Å². The van der Waals surface area contributed by atoms with Crippen LogP contribution in [0.1, 0.15) is 45.4 Å². The first-order valence-corrected chi connectivity index (χ1v) is 8.01. The van der Waals surface area contributed by atoms with E-state index in [4.69, 9.17) is 4.74 Å². The summed E-state index contributed by atoms with van der Waals surface area (Å²) in [5, 5.41) is 15.4. The van der Waals surface area contributed by atoms with E-state index in [2.05, 4.69) is 10.6 Å². The highest BCUT2D eigenvalue weighted by Crippen LogP contribution is 2.30.